The maximum atomic E-state index is 12.2. The lowest BCUT2D eigenvalue weighted by Crippen LogP contribution is -2.08. The first kappa shape index (κ1) is 16.8. The summed E-state index contributed by atoms with van der Waals surface area (Å²) in [7, 11) is 0. The first-order chi connectivity index (χ1) is 12.2. The van der Waals surface area contributed by atoms with Crippen LogP contribution in [0.1, 0.15) is 28.4 Å². The van der Waals surface area contributed by atoms with Crippen LogP contribution >= 0.6 is 0 Å². The van der Waals surface area contributed by atoms with Gasteiger partial charge in [-0.15, -0.1) is 0 Å². The molecule has 3 heteroatoms. The van der Waals surface area contributed by atoms with Crippen LogP contribution in [0.5, 0.6) is 11.5 Å². The third-order valence-electron chi connectivity index (χ3n) is 3.88. The summed E-state index contributed by atoms with van der Waals surface area (Å²) >= 11 is 0. The van der Waals surface area contributed by atoms with Gasteiger partial charge in [-0.3, -0.25) is 0 Å². The van der Waals surface area contributed by atoms with E-state index in [0.717, 1.165) is 17.7 Å². The van der Waals surface area contributed by atoms with Gasteiger partial charge >= 0.3 is 5.97 Å². The normalized spacial score (nSPS) is 10.3. The Labute approximate surface area is 147 Å². The molecule has 0 aliphatic rings. The van der Waals surface area contributed by atoms with Crippen molar-refractivity contribution in [2.75, 3.05) is 0 Å². The van der Waals surface area contributed by atoms with E-state index in [2.05, 4.69) is 6.92 Å². The largest absolute Gasteiger partial charge is 0.489 e. The number of carbonyl (C=O) groups is 1. The number of esters is 1. The third-order valence-corrected chi connectivity index (χ3v) is 3.88. The molecule has 0 bridgehead atoms. The van der Waals surface area contributed by atoms with E-state index in [-0.39, 0.29) is 5.97 Å². The van der Waals surface area contributed by atoms with Crippen LogP contribution in [0.3, 0.4) is 0 Å². The fraction of sp³-hybridized carbons (Fsp3) is 0.136. The van der Waals surface area contributed by atoms with Gasteiger partial charge < -0.3 is 9.47 Å². The van der Waals surface area contributed by atoms with Crippen molar-refractivity contribution in [2.45, 2.75) is 20.0 Å². The van der Waals surface area contributed by atoms with Crippen molar-refractivity contribution in [1.82, 2.24) is 0 Å². The molecular formula is C22H20O3. The van der Waals surface area contributed by atoms with Gasteiger partial charge in [0.1, 0.15) is 18.1 Å². The van der Waals surface area contributed by atoms with E-state index in [4.69, 9.17) is 9.47 Å². The summed E-state index contributed by atoms with van der Waals surface area (Å²) in [5.74, 6) is 0.869. The molecule has 3 aromatic rings. The Morgan fingerprint density at radius 3 is 2.04 bits per heavy atom. The minimum Gasteiger partial charge on any atom is -0.489 e. The summed E-state index contributed by atoms with van der Waals surface area (Å²) in [5, 5.41) is 0. The summed E-state index contributed by atoms with van der Waals surface area (Å²) in [4.78, 5) is 12.2. The molecule has 0 N–H and O–H groups in total. The molecule has 0 unspecified atom stereocenters. The number of hydrogen-bond donors (Lipinski definition) is 0. The highest BCUT2D eigenvalue weighted by atomic mass is 16.5. The standard InChI is InChI=1S/C22H20O3/c1-2-17-8-10-19(11-9-17)22(23)25-21-14-12-20(13-15-21)24-16-18-6-4-3-5-7-18/h3-15H,2,16H2,1H3. The first-order valence-corrected chi connectivity index (χ1v) is 8.32. The van der Waals surface area contributed by atoms with Crippen LogP contribution in [-0.4, -0.2) is 5.97 Å². The Hall–Kier alpha value is -3.07. The van der Waals surface area contributed by atoms with E-state index < -0.39 is 0 Å². The quantitative estimate of drug-likeness (QED) is 0.468. The predicted octanol–water partition coefficient (Wildman–Crippen LogP) is 5.05. The molecule has 0 amide bonds. The Balaban J connectivity index is 1.57. The van der Waals surface area contributed by atoms with Crippen molar-refractivity contribution < 1.29 is 14.3 Å². The second kappa shape index (κ2) is 8.15. The molecule has 0 saturated heterocycles. The highest BCUT2D eigenvalue weighted by molar-refractivity contribution is 5.91. The van der Waals surface area contributed by atoms with Gasteiger partial charge in [0, 0.05) is 0 Å². The lowest BCUT2D eigenvalue weighted by Gasteiger charge is -2.08. The Morgan fingerprint density at radius 2 is 1.40 bits per heavy atom. The van der Waals surface area contributed by atoms with Crippen LogP contribution in [0.4, 0.5) is 0 Å². The molecule has 0 spiro atoms. The van der Waals surface area contributed by atoms with Crippen LogP contribution in [0.2, 0.25) is 0 Å². The summed E-state index contributed by atoms with van der Waals surface area (Å²) in [5.41, 5.74) is 2.84. The number of ether oxygens (including phenoxy) is 2. The van der Waals surface area contributed by atoms with E-state index in [9.17, 15) is 4.79 Å². The fourth-order valence-corrected chi connectivity index (χ4v) is 2.39. The topological polar surface area (TPSA) is 35.5 Å². The molecule has 0 atom stereocenters. The second-order valence-corrected chi connectivity index (χ2v) is 5.69. The zero-order chi connectivity index (χ0) is 17.5. The molecule has 0 heterocycles. The van der Waals surface area contributed by atoms with Gasteiger partial charge in [0.15, 0.2) is 0 Å². The van der Waals surface area contributed by atoms with E-state index in [1.807, 2.05) is 42.5 Å². The predicted molar refractivity (Wildman–Crippen MR) is 98.0 cm³/mol. The Kier molecular flexibility index (Phi) is 5.47. The second-order valence-electron chi connectivity index (χ2n) is 5.69. The van der Waals surface area contributed by atoms with E-state index in [1.54, 1.807) is 36.4 Å². The SMILES string of the molecule is CCc1ccc(C(=O)Oc2ccc(OCc3ccccc3)cc2)cc1. The van der Waals surface area contributed by atoms with Crippen molar-refractivity contribution in [1.29, 1.82) is 0 Å². The van der Waals surface area contributed by atoms with Crippen LogP contribution in [0.15, 0.2) is 78.9 Å². The number of hydrogen-bond acceptors (Lipinski definition) is 3. The zero-order valence-electron chi connectivity index (χ0n) is 14.1. The van der Waals surface area contributed by atoms with Gasteiger partial charge in [-0.25, -0.2) is 4.79 Å². The third kappa shape index (κ3) is 4.70. The Morgan fingerprint density at radius 1 is 0.760 bits per heavy atom. The summed E-state index contributed by atoms with van der Waals surface area (Å²) in [6.45, 7) is 2.58. The molecule has 126 valence electrons. The van der Waals surface area contributed by atoms with Crippen molar-refractivity contribution >= 4 is 5.97 Å². The van der Waals surface area contributed by atoms with Crippen LogP contribution < -0.4 is 9.47 Å². The molecule has 3 aromatic carbocycles. The molecule has 0 aromatic heterocycles. The monoisotopic (exact) mass is 332 g/mol. The number of aryl methyl sites for hydroxylation is 1. The molecule has 3 rings (SSSR count). The molecule has 0 aliphatic heterocycles. The van der Waals surface area contributed by atoms with Gasteiger partial charge in [0.2, 0.25) is 0 Å². The minimum absolute atomic E-state index is 0.361. The van der Waals surface area contributed by atoms with Gasteiger partial charge in [0.05, 0.1) is 5.56 Å². The van der Waals surface area contributed by atoms with Crippen molar-refractivity contribution in [3.63, 3.8) is 0 Å². The highest BCUT2D eigenvalue weighted by Crippen LogP contribution is 2.20. The van der Waals surface area contributed by atoms with Crippen LogP contribution in [-0.2, 0) is 13.0 Å². The van der Waals surface area contributed by atoms with E-state index >= 15 is 0 Å². The maximum absolute atomic E-state index is 12.2. The van der Waals surface area contributed by atoms with Crippen LogP contribution in [0.25, 0.3) is 0 Å². The van der Waals surface area contributed by atoms with E-state index in [1.165, 1.54) is 5.56 Å². The highest BCUT2D eigenvalue weighted by Gasteiger charge is 2.08. The lowest BCUT2D eigenvalue weighted by atomic mass is 10.1. The first-order valence-electron chi connectivity index (χ1n) is 8.32. The van der Waals surface area contributed by atoms with E-state index in [0.29, 0.717) is 17.9 Å². The molecular weight excluding hydrogens is 312 g/mol. The van der Waals surface area contributed by atoms with Crippen molar-refractivity contribution in [3.8, 4) is 11.5 Å². The minimum atomic E-state index is -0.361. The summed E-state index contributed by atoms with van der Waals surface area (Å²) in [6.07, 6.45) is 0.944. The molecule has 0 aliphatic carbocycles. The maximum Gasteiger partial charge on any atom is 0.343 e. The number of benzene rings is 3. The zero-order valence-corrected chi connectivity index (χ0v) is 14.1. The van der Waals surface area contributed by atoms with Gasteiger partial charge in [-0.1, -0.05) is 49.4 Å². The van der Waals surface area contributed by atoms with Gasteiger partial charge in [0.25, 0.3) is 0 Å². The lowest BCUT2D eigenvalue weighted by molar-refractivity contribution is 0.0734. The fourth-order valence-electron chi connectivity index (χ4n) is 2.39. The van der Waals surface area contributed by atoms with Gasteiger partial charge in [-0.05, 0) is 53.9 Å². The van der Waals surface area contributed by atoms with Crippen LogP contribution in [0, 0.1) is 0 Å². The van der Waals surface area contributed by atoms with Crippen molar-refractivity contribution in [2.24, 2.45) is 0 Å². The molecule has 25 heavy (non-hydrogen) atoms. The molecule has 0 fully saturated rings. The summed E-state index contributed by atoms with van der Waals surface area (Å²) in [6, 6.07) is 24.5. The average molecular weight is 332 g/mol. The number of carbonyl (C=O) groups excluding carboxylic acids is 1. The van der Waals surface area contributed by atoms with Gasteiger partial charge in [-0.2, -0.15) is 0 Å². The molecule has 0 radical (unpaired) electrons. The molecule has 3 nitrogen and oxygen atoms in total. The molecule has 0 saturated carbocycles. The smallest absolute Gasteiger partial charge is 0.343 e. The Bertz CT molecular complexity index is 806. The number of rotatable bonds is 6. The van der Waals surface area contributed by atoms with Crippen molar-refractivity contribution in [3.05, 3.63) is 95.6 Å². The average Bonchev–Trinajstić information content (AvgIpc) is 2.68. The summed E-state index contributed by atoms with van der Waals surface area (Å²) < 4.78 is 11.1.